The summed E-state index contributed by atoms with van der Waals surface area (Å²) in [4.78, 5) is 0. The third-order valence-corrected chi connectivity index (χ3v) is 4.74. The molecule has 1 aromatic carbocycles. The van der Waals surface area contributed by atoms with Crippen molar-refractivity contribution in [2.24, 2.45) is 12.5 Å². The van der Waals surface area contributed by atoms with Gasteiger partial charge in [0.05, 0.1) is 11.2 Å². The van der Waals surface area contributed by atoms with Gasteiger partial charge in [-0.1, -0.05) is 44.9 Å². The number of benzene rings is 1. The van der Waals surface area contributed by atoms with Crippen LogP contribution in [0.2, 0.25) is 0 Å². The predicted octanol–water partition coefficient (Wildman–Crippen LogP) is 3.92. The summed E-state index contributed by atoms with van der Waals surface area (Å²) in [5.74, 6) is 0. The second-order valence-electron chi connectivity index (χ2n) is 6.25. The lowest BCUT2D eigenvalue weighted by molar-refractivity contribution is 0.233. The van der Waals surface area contributed by atoms with Crippen molar-refractivity contribution < 1.29 is 0 Å². The minimum Gasteiger partial charge on any atom is -0.319 e. The Bertz CT molecular complexity index is 573. The zero-order valence-electron chi connectivity index (χ0n) is 13.9. The van der Waals surface area contributed by atoms with E-state index in [2.05, 4.69) is 50.5 Å². The summed E-state index contributed by atoms with van der Waals surface area (Å²) >= 11 is 0. The van der Waals surface area contributed by atoms with E-state index in [-0.39, 0.29) is 0 Å². The molecule has 0 spiro atoms. The smallest absolute Gasteiger partial charge is 0.0709 e. The van der Waals surface area contributed by atoms with Gasteiger partial charge in [0.15, 0.2) is 0 Å². The molecule has 3 nitrogen and oxygen atoms in total. The van der Waals surface area contributed by atoms with Crippen molar-refractivity contribution in [2.75, 3.05) is 13.6 Å². The van der Waals surface area contributed by atoms with Gasteiger partial charge in [-0.05, 0) is 37.8 Å². The first-order valence-corrected chi connectivity index (χ1v) is 8.21. The molecule has 0 amide bonds. The summed E-state index contributed by atoms with van der Waals surface area (Å²) < 4.78 is 2.02. The summed E-state index contributed by atoms with van der Waals surface area (Å²) in [5.41, 5.74) is 2.81. The SMILES string of the molecule is CCCCC(CC)(CNC)Cc1nn(C)c2ccccc12. The Balaban J connectivity index is 2.33. The molecular weight excluding hydrogens is 258 g/mol. The minimum absolute atomic E-state index is 0.321. The Kier molecular flexibility index (Phi) is 5.40. The zero-order valence-corrected chi connectivity index (χ0v) is 13.9. The van der Waals surface area contributed by atoms with Gasteiger partial charge in [-0.15, -0.1) is 0 Å². The molecule has 2 rings (SSSR count). The van der Waals surface area contributed by atoms with E-state index in [0.717, 1.165) is 13.0 Å². The van der Waals surface area contributed by atoms with Crippen LogP contribution in [0.5, 0.6) is 0 Å². The standard InChI is InChI=1S/C18H29N3/c1-5-7-12-18(6-2,14-19-3)13-16-15-10-8-9-11-17(15)21(4)20-16/h8-11,19H,5-7,12-14H2,1-4H3. The monoisotopic (exact) mass is 287 g/mol. The van der Waals surface area contributed by atoms with Crippen molar-refractivity contribution in [2.45, 2.75) is 46.0 Å². The van der Waals surface area contributed by atoms with E-state index in [1.165, 1.54) is 42.3 Å². The number of aromatic nitrogens is 2. The molecule has 116 valence electrons. The number of fused-ring (bicyclic) bond motifs is 1. The third-order valence-electron chi connectivity index (χ3n) is 4.74. The van der Waals surface area contributed by atoms with Crippen LogP contribution < -0.4 is 5.32 Å². The second kappa shape index (κ2) is 7.08. The van der Waals surface area contributed by atoms with Gasteiger partial charge in [0.2, 0.25) is 0 Å². The fourth-order valence-corrected chi connectivity index (χ4v) is 3.37. The van der Waals surface area contributed by atoms with Crippen molar-refractivity contribution in [1.29, 1.82) is 0 Å². The highest BCUT2D eigenvalue weighted by molar-refractivity contribution is 5.81. The number of aryl methyl sites for hydroxylation is 1. The summed E-state index contributed by atoms with van der Waals surface area (Å²) in [6.45, 7) is 5.66. The summed E-state index contributed by atoms with van der Waals surface area (Å²) in [7, 11) is 4.11. The highest BCUT2D eigenvalue weighted by Crippen LogP contribution is 2.34. The molecule has 1 unspecified atom stereocenters. The van der Waals surface area contributed by atoms with E-state index in [1.807, 2.05) is 11.7 Å². The quantitative estimate of drug-likeness (QED) is 0.797. The number of hydrogen-bond donors (Lipinski definition) is 1. The van der Waals surface area contributed by atoms with E-state index >= 15 is 0 Å². The Morgan fingerprint density at radius 3 is 2.67 bits per heavy atom. The molecule has 0 fully saturated rings. The Hall–Kier alpha value is -1.35. The van der Waals surface area contributed by atoms with Gasteiger partial charge in [0, 0.05) is 19.0 Å². The number of hydrogen-bond acceptors (Lipinski definition) is 2. The van der Waals surface area contributed by atoms with E-state index < -0.39 is 0 Å². The highest BCUT2D eigenvalue weighted by atomic mass is 15.3. The maximum atomic E-state index is 4.80. The number of unbranched alkanes of at least 4 members (excludes halogenated alkanes) is 1. The first kappa shape index (κ1) is 16.0. The number of nitrogens with zero attached hydrogens (tertiary/aromatic N) is 2. The number of para-hydroxylation sites is 1. The van der Waals surface area contributed by atoms with E-state index in [1.54, 1.807) is 0 Å². The Labute approximate surface area is 128 Å². The maximum Gasteiger partial charge on any atom is 0.0709 e. The molecule has 21 heavy (non-hydrogen) atoms. The molecule has 1 atom stereocenters. The van der Waals surface area contributed by atoms with E-state index in [0.29, 0.717) is 5.41 Å². The topological polar surface area (TPSA) is 29.9 Å². The molecule has 1 heterocycles. The molecule has 0 aliphatic carbocycles. The van der Waals surface area contributed by atoms with Crippen molar-refractivity contribution >= 4 is 10.9 Å². The highest BCUT2D eigenvalue weighted by Gasteiger charge is 2.29. The molecule has 1 N–H and O–H groups in total. The Morgan fingerprint density at radius 1 is 1.24 bits per heavy atom. The van der Waals surface area contributed by atoms with Gasteiger partial charge >= 0.3 is 0 Å². The van der Waals surface area contributed by atoms with Crippen LogP contribution in [0.25, 0.3) is 10.9 Å². The fourth-order valence-electron chi connectivity index (χ4n) is 3.37. The van der Waals surface area contributed by atoms with E-state index in [4.69, 9.17) is 5.10 Å². The van der Waals surface area contributed by atoms with Crippen molar-refractivity contribution in [1.82, 2.24) is 15.1 Å². The van der Waals surface area contributed by atoms with Gasteiger partial charge in [-0.3, -0.25) is 4.68 Å². The molecule has 0 bridgehead atoms. The summed E-state index contributed by atoms with van der Waals surface area (Å²) in [5, 5.41) is 9.52. The van der Waals surface area contributed by atoms with Gasteiger partial charge in [-0.2, -0.15) is 5.10 Å². The number of nitrogens with one attached hydrogen (secondary N) is 1. The lowest BCUT2D eigenvalue weighted by atomic mass is 9.76. The molecular formula is C18H29N3. The van der Waals surface area contributed by atoms with Crippen LogP contribution in [0.4, 0.5) is 0 Å². The molecule has 0 saturated heterocycles. The normalized spacial score (nSPS) is 14.5. The second-order valence-corrected chi connectivity index (χ2v) is 6.25. The lowest BCUT2D eigenvalue weighted by Gasteiger charge is -2.32. The van der Waals surface area contributed by atoms with Crippen LogP contribution in [-0.2, 0) is 13.5 Å². The maximum absolute atomic E-state index is 4.80. The third kappa shape index (κ3) is 3.46. The van der Waals surface area contributed by atoms with Gasteiger partial charge in [0.25, 0.3) is 0 Å². The molecule has 0 aliphatic rings. The summed E-state index contributed by atoms with van der Waals surface area (Å²) in [6.07, 6.45) is 6.07. The van der Waals surface area contributed by atoms with Gasteiger partial charge in [-0.25, -0.2) is 0 Å². The molecule has 0 aliphatic heterocycles. The predicted molar refractivity (Wildman–Crippen MR) is 90.6 cm³/mol. The molecule has 0 saturated carbocycles. The molecule has 2 aromatic rings. The van der Waals surface area contributed by atoms with Crippen LogP contribution in [0.3, 0.4) is 0 Å². The molecule has 0 radical (unpaired) electrons. The van der Waals surface area contributed by atoms with Gasteiger partial charge < -0.3 is 5.32 Å². The zero-order chi connectivity index (χ0) is 15.3. The summed E-state index contributed by atoms with van der Waals surface area (Å²) in [6, 6.07) is 8.57. The van der Waals surface area contributed by atoms with Crippen molar-refractivity contribution in [3.05, 3.63) is 30.0 Å². The Morgan fingerprint density at radius 2 is 2.00 bits per heavy atom. The fraction of sp³-hybridized carbons (Fsp3) is 0.611. The lowest BCUT2D eigenvalue weighted by Crippen LogP contribution is -2.34. The van der Waals surface area contributed by atoms with Crippen LogP contribution in [0.15, 0.2) is 24.3 Å². The largest absolute Gasteiger partial charge is 0.319 e. The first-order valence-electron chi connectivity index (χ1n) is 8.21. The molecule has 3 heteroatoms. The van der Waals surface area contributed by atoms with Crippen molar-refractivity contribution in [3.8, 4) is 0 Å². The average molecular weight is 287 g/mol. The molecule has 1 aromatic heterocycles. The van der Waals surface area contributed by atoms with Crippen LogP contribution in [0, 0.1) is 5.41 Å². The van der Waals surface area contributed by atoms with Crippen LogP contribution in [-0.4, -0.2) is 23.4 Å². The first-order chi connectivity index (χ1) is 10.2. The average Bonchev–Trinajstić information content (AvgIpc) is 2.82. The van der Waals surface area contributed by atoms with E-state index in [9.17, 15) is 0 Å². The number of rotatable bonds is 8. The van der Waals surface area contributed by atoms with Crippen LogP contribution >= 0.6 is 0 Å². The minimum atomic E-state index is 0.321. The van der Waals surface area contributed by atoms with Crippen molar-refractivity contribution in [3.63, 3.8) is 0 Å². The van der Waals surface area contributed by atoms with Crippen LogP contribution in [0.1, 0.15) is 45.2 Å². The van der Waals surface area contributed by atoms with Gasteiger partial charge in [0.1, 0.15) is 0 Å².